The molecule has 2 aromatic rings. The molecule has 8 heteroatoms. The lowest BCUT2D eigenvalue weighted by Crippen LogP contribution is -2.14. The van der Waals surface area contributed by atoms with Gasteiger partial charge in [-0.15, -0.1) is 0 Å². The van der Waals surface area contributed by atoms with E-state index in [0.717, 1.165) is 12.1 Å². The number of aryl methyl sites for hydroxylation is 2. The third-order valence-electron chi connectivity index (χ3n) is 2.54. The van der Waals surface area contributed by atoms with Crippen LogP contribution < -0.4 is 10.5 Å². The highest BCUT2D eigenvalue weighted by Crippen LogP contribution is 2.23. The summed E-state index contributed by atoms with van der Waals surface area (Å²) in [6, 6.07) is 2.19. The third-order valence-corrected chi connectivity index (χ3v) is 4.06. The van der Waals surface area contributed by atoms with E-state index in [1.807, 2.05) is 0 Å². The molecule has 1 aromatic heterocycles. The Morgan fingerprint density at radius 1 is 1.42 bits per heavy atom. The fraction of sp³-hybridized carbons (Fsp3) is 0.182. The summed E-state index contributed by atoms with van der Waals surface area (Å²) in [5.41, 5.74) is 5.79. The van der Waals surface area contributed by atoms with Gasteiger partial charge < -0.3 is 5.73 Å². The Kier molecular flexibility index (Phi) is 3.19. The lowest BCUT2D eigenvalue weighted by molar-refractivity contribution is 0.599. The van der Waals surface area contributed by atoms with Gasteiger partial charge in [-0.25, -0.2) is 12.8 Å². The minimum absolute atomic E-state index is 0.0600. The molecule has 0 spiro atoms. The number of nitrogens with one attached hydrogen (secondary N) is 1. The summed E-state index contributed by atoms with van der Waals surface area (Å²) in [6.07, 6.45) is 2.89. The summed E-state index contributed by atoms with van der Waals surface area (Å²) in [7, 11) is -2.15. The van der Waals surface area contributed by atoms with Crippen LogP contribution in [0.4, 0.5) is 15.8 Å². The molecular weight excluding hydrogens is 271 g/mol. The Morgan fingerprint density at radius 2 is 2.11 bits per heavy atom. The molecule has 2 rings (SSSR count). The molecule has 1 heterocycles. The van der Waals surface area contributed by atoms with Crippen LogP contribution in [-0.4, -0.2) is 18.2 Å². The highest BCUT2D eigenvalue weighted by Gasteiger charge is 2.19. The number of aromatic nitrogens is 2. The summed E-state index contributed by atoms with van der Waals surface area (Å²) in [4.78, 5) is -0.0600. The molecule has 0 radical (unpaired) electrons. The van der Waals surface area contributed by atoms with Gasteiger partial charge >= 0.3 is 0 Å². The zero-order chi connectivity index (χ0) is 14.2. The molecule has 0 bridgehead atoms. The Morgan fingerprint density at radius 3 is 2.68 bits per heavy atom. The van der Waals surface area contributed by atoms with Crippen LogP contribution in [0, 0.1) is 12.7 Å². The molecule has 0 aliphatic heterocycles. The van der Waals surface area contributed by atoms with E-state index in [9.17, 15) is 12.8 Å². The van der Waals surface area contributed by atoms with Crippen molar-refractivity contribution in [1.82, 2.24) is 9.78 Å². The van der Waals surface area contributed by atoms with Crippen molar-refractivity contribution < 1.29 is 12.8 Å². The number of nitrogen functional groups attached to an aromatic ring is 1. The van der Waals surface area contributed by atoms with Gasteiger partial charge in [-0.3, -0.25) is 9.40 Å². The largest absolute Gasteiger partial charge is 0.396 e. The molecule has 0 atom stereocenters. The summed E-state index contributed by atoms with van der Waals surface area (Å²) >= 11 is 0. The van der Waals surface area contributed by atoms with Crippen molar-refractivity contribution >= 4 is 21.4 Å². The molecule has 102 valence electrons. The standard InChI is InChI=1S/C11H13FN4O2S/c1-7-3-9(12)10(13)4-11(7)19(17,18)15-8-5-14-16(2)6-8/h3-6,15H,13H2,1-2H3. The summed E-state index contributed by atoms with van der Waals surface area (Å²) in [6.45, 7) is 1.50. The molecule has 3 N–H and O–H groups in total. The molecule has 1 aromatic carbocycles. The lowest BCUT2D eigenvalue weighted by atomic mass is 10.2. The number of anilines is 2. The van der Waals surface area contributed by atoms with Gasteiger partial charge in [0.25, 0.3) is 10.0 Å². The maximum atomic E-state index is 13.2. The summed E-state index contributed by atoms with van der Waals surface area (Å²) in [5.74, 6) is -0.641. The first-order chi connectivity index (χ1) is 8.79. The molecule has 0 amide bonds. The number of hydrogen-bond acceptors (Lipinski definition) is 4. The Bertz CT molecular complexity index is 724. The van der Waals surface area contributed by atoms with Gasteiger partial charge in [-0.1, -0.05) is 0 Å². The highest BCUT2D eigenvalue weighted by molar-refractivity contribution is 7.92. The molecule has 0 aliphatic carbocycles. The number of benzene rings is 1. The average molecular weight is 284 g/mol. The molecule has 0 saturated heterocycles. The Balaban J connectivity index is 2.42. The molecule has 19 heavy (non-hydrogen) atoms. The van der Waals surface area contributed by atoms with Crippen LogP contribution in [0.1, 0.15) is 5.56 Å². The van der Waals surface area contributed by atoms with E-state index in [1.165, 1.54) is 24.0 Å². The van der Waals surface area contributed by atoms with Gasteiger partial charge in [0.1, 0.15) is 5.82 Å². The second kappa shape index (κ2) is 4.54. The first-order valence-corrected chi connectivity index (χ1v) is 6.85. The van der Waals surface area contributed by atoms with Crippen molar-refractivity contribution in [2.45, 2.75) is 11.8 Å². The number of sulfonamides is 1. The minimum atomic E-state index is -3.82. The normalized spacial score (nSPS) is 11.5. The van der Waals surface area contributed by atoms with E-state index in [1.54, 1.807) is 7.05 Å². The van der Waals surface area contributed by atoms with Gasteiger partial charge in [0.15, 0.2) is 0 Å². The van der Waals surface area contributed by atoms with E-state index in [0.29, 0.717) is 5.69 Å². The maximum absolute atomic E-state index is 13.2. The van der Waals surface area contributed by atoms with Crippen molar-refractivity contribution in [1.29, 1.82) is 0 Å². The van der Waals surface area contributed by atoms with Gasteiger partial charge in [-0.2, -0.15) is 5.10 Å². The van der Waals surface area contributed by atoms with Gasteiger partial charge in [0, 0.05) is 13.2 Å². The van der Waals surface area contributed by atoms with Crippen LogP contribution in [0.5, 0.6) is 0 Å². The molecular formula is C11H13FN4O2S. The van der Waals surface area contributed by atoms with Crippen LogP contribution in [0.15, 0.2) is 29.4 Å². The highest BCUT2D eigenvalue weighted by atomic mass is 32.2. The summed E-state index contributed by atoms with van der Waals surface area (Å²) < 4.78 is 41.4. The second-order valence-corrected chi connectivity index (χ2v) is 5.80. The van der Waals surface area contributed by atoms with E-state index in [-0.39, 0.29) is 16.1 Å². The van der Waals surface area contributed by atoms with Crippen LogP contribution in [-0.2, 0) is 17.1 Å². The SMILES string of the molecule is Cc1cc(F)c(N)cc1S(=O)(=O)Nc1cnn(C)c1. The summed E-state index contributed by atoms with van der Waals surface area (Å²) in [5, 5.41) is 3.85. The van der Waals surface area contributed by atoms with E-state index >= 15 is 0 Å². The van der Waals surface area contributed by atoms with Crippen molar-refractivity contribution in [2.24, 2.45) is 7.05 Å². The molecule has 0 unspecified atom stereocenters. The first-order valence-electron chi connectivity index (χ1n) is 5.36. The number of rotatable bonds is 3. The fourth-order valence-corrected chi connectivity index (χ4v) is 2.93. The van der Waals surface area contributed by atoms with Gasteiger partial charge in [0.2, 0.25) is 0 Å². The quantitative estimate of drug-likeness (QED) is 0.830. The van der Waals surface area contributed by atoms with E-state index in [4.69, 9.17) is 5.73 Å². The number of hydrogen-bond donors (Lipinski definition) is 2. The maximum Gasteiger partial charge on any atom is 0.262 e. The van der Waals surface area contributed by atoms with Crippen molar-refractivity contribution in [2.75, 3.05) is 10.5 Å². The zero-order valence-corrected chi connectivity index (χ0v) is 11.2. The second-order valence-electron chi connectivity index (χ2n) is 4.15. The first kappa shape index (κ1) is 13.3. The smallest absolute Gasteiger partial charge is 0.262 e. The average Bonchev–Trinajstić information content (AvgIpc) is 2.68. The van der Waals surface area contributed by atoms with Crippen molar-refractivity contribution in [3.63, 3.8) is 0 Å². The Hall–Kier alpha value is -2.09. The monoisotopic (exact) mass is 284 g/mol. The Labute approximate surface area is 110 Å². The molecule has 0 fully saturated rings. The third kappa shape index (κ3) is 2.68. The topological polar surface area (TPSA) is 90.0 Å². The lowest BCUT2D eigenvalue weighted by Gasteiger charge is -2.10. The molecule has 0 aliphatic rings. The van der Waals surface area contributed by atoms with Crippen LogP contribution in [0.25, 0.3) is 0 Å². The molecule has 6 nitrogen and oxygen atoms in total. The predicted molar refractivity (Wildman–Crippen MR) is 69.6 cm³/mol. The van der Waals surface area contributed by atoms with E-state index in [2.05, 4.69) is 9.82 Å². The number of nitrogens with zero attached hydrogens (tertiary/aromatic N) is 2. The van der Waals surface area contributed by atoms with Crippen LogP contribution >= 0.6 is 0 Å². The zero-order valence-electron chi connectivity index (χ0n) is 10.4. The fourth-order valence-electron chi connectivity index (χ4n) is 1.64. The number of halogens is 1. The van der Waals surface area contributed by atoms with Gasteiger partial charge in [0.05, 0.1) is 22.5 Å². The minimum Gasteiger partial charge on any atom is -0.396 e. The van der Waals surface area contributed by atoms with Crippen LogP contribution in [0.3, 0.4) is 0 Å². The number of nitrogens with two attached hydrogens (primary N) is 1. The van der Waals surface area contributed by atoms with Gasteiger partial charge in [-0.05, 0) is 24.6 Å². The molecule has 0 saturated carbocycles. The van der Waals surface area contributed by atoms with Crippen LogP contribution in [0.2, 0.25) is 0 Å². The van der Waals surface area contributed by atoms with Crippen molar-refractivity contribution in [3.05, 3.63) is 35.9 Å². The van der Waals surface area contributed by atoms with Crippen molar-refractivity contribution in [3.8, 4) is 0 Å². The van der Waals surface area contributed by atoms with E-state index < -0.39 is 15.8 Å². The predicted octanol–water partition coefficient (Wildman–Crippen LogP) is 1.25.